The maximum atomic E-state index is 2.68. The third kappa shape index (κ3) is 1.01. The van der Waals surface area contributed by atoms with Gasteiger partial charge in [0.25, 0.3) is 0 Å². The van der Waals surface area contributed by atoms with Crippen LogP contribution in [0.5, 0.6) is 0 Å². The van der Waals surface area contributed by atoms with Crippen molar-refractivity contribution in [3.05, 3.63) is 0 Å². The van der Waals surface area contributed by atoms with Gasteiger partial charge in [-0.2, -0.15) is 0 Å². The highest BCUT2D eigenvalue weighted by molar-refractivity contribution is 14.1. The Labute approximate surface area is 76.9 Å². The lowest BCUT2D eigenvalue weighted by atomic mass is 9.65. The van der Waals surface area contributed by atoms with Crippen molar-refractivity contribution >= 4 is 22.6 Å². The van der Waals surface area contributed by atoms with Gasteiger partial charge in [0.15, 0.2) is 0 Å². The molecule has 3 rings (SSSR count). The largest absolute Gasteiger partial charge is 0.0820 e. The van der Waals surface area contributed by atoms with E-state index in [0.717, 1.165) is 21.7 Å². The molecule has 2 unspecified atom stereocenters. The summed E-state index contributed by atoms with van der Waals surface area (Å²) in [6.45, 7) is 2.45. The standard InChI is InChI=1S/C9H15I/c1-6-7-2-4-8(5-3-7)9(6)10/h6-9H,2-5H2,1H3. The zero-order chi connectivity index (χ0) is 7.14. The van der Waals surface area contributed by atoms with E-state index in [1.807, 2.05) is 0 Å². The quantitative estimate of drug-likeness (QED) is 0.457. The molecule has 1 heteroatoms. The van der Waals surface area contributed by atoms with Gasteiger partial charge in [0.05, 0.1) is 0 Å². The predicted octanol–water partition coefficient (Wildman–Crippen LogP) is 3.25. The first-order chi connectivity index (χ1) is 4.79. The minimum Gasteiger partial charge on any atom is -0.0820 e. The van der Waals surface area contributed by atoms with E-state index in [2.05, 4.69) is 29.5 Å². The monoisotopic (exact) mass is 250 g/mol. The molecule has 2 atom stereocenters. The molecule has 0 aliphatic heterocycles. The van der Waals surface area contributed by atoms with Gasteiger partial charge in [0.2, 0.25) is 0 Å². The van der Waals surface area contributed by atoms with Gasteiger partial charge in [0.1, 0.15) is 0 Å². The highest BCUT2D eigenvalue weighted by Crippen LogP contribution is 2.48. The van der Waals surface area contributed by atoms with Crippen molar-refractivity contribution in [2.45, 2.75) is 36.5 Å². The minimum atomic E-state index is 1.00. The molecule has 2 bridgehead atoms. The van der Waals surface area contributed by atoms with Gasteiger partial charge in [-0.05, 0) is 43.4 Å². The average molecular weight is 250 g/mol. The second-order valence-corrected chi connectivity index (χ2v) is 5.42. The molecule has 3 aliphatic rings. The van der Waals surface area contributed by atoms with Crippen molar-refractivity contribution in [1.29, 1.82) is 0 Å². The van der Waals surface area contributed by atoms with Crippen LogP contribution >= 0.6 is 22.6 Å². The van der Waals surface area contributed by atoms with Crippen LogP contribution in [0.15, 0.2) is 0 Å². The van der Waals surface area contributed by atoms with Gasteiger partial charge < -0.3 is 0 Å². The normalized spacial score (nSPS) is 53.4. The summed E-state index contributed by atoms with van der Waals surface area (Å²) < 4.78 is 1.00. The Bertz CT molecular complexity index is 105. The molecule has 0 aromatic heterocycles. The lowest BCUT2D eigenvalue weighted by Gasteiger charge is -2.45. The third-order valence-corrected chi connectivity index (χ3v) is 5.66. The minimum absolute atomic E-state index is 1.00. The first-order valence-corrected chi connectivity index (χ1v) is 5.67. The van der Waals surface area contributed by atoms with E-state index in [9.17, 15) is 0 Å². The molecule has 3 aliphatic carbocycles. The Morgan fingerprint density at radius 2 is 1.50 bits per heavy atom. The van der Waals surface area contributed by atoms with Crippen LogP contribution in [-0.2, 0) is 0 Å². The summed E-state index contributed by atoms with van der Waals surface area (Å²) in [4.78, 5) is 0. The molecule has 0 amide bonds. The summed E-state index contributed by atoms with van der Waals surface area (Å²) in [5.74, 6) is 3.19. The summed E-state index contributed by atoms with van der Waals surface area (Å²) in [5.41, 5.74) is 0. The number of rotatable bonds is 0. The van der Waals surface area contributed by atoms with Crippen molar-refractivity contribution < 1.29 is 0 Å². The van der Waals surface area contributed by atoms with Crippen LogP contribution in [0.3, 0.4) is 0 Å². The molecule has 0 saturated heterocycles. The van der Waals surface area contributed by atoms with Crippen LogP contribution in [0.2, 0.25) is 0 Å². The predicted molar refractivity (Wildman–Crippen MR) is 52.4 cm³/mol. The van der Waals surface area contributed by atoms with Crippen LogP contribution in [0.25, 0.3) is 0 Å². The summed E-state index contributed by atoms with van der Waals surface area (Å²) in [7, 11) is 0. The van der Waals surface area contributed by atoms with Gasteiger partial charge >= 0.3 is 0 Å². The van der Waals surface area contributed by atoms with Crippen molar-refractivity contribution in [2.24, 2.45) is 17.8 Å². The fourth-order valence-electron chi connectivity index (χ4n) is 2.68. The number of hydrogen-bond donors (Lipinski definition) is 0. The average Bonchev–Trinajstić information content (AvgIpc) is 2.00. The third-order valence-electron chi connectivity index (χ3n) is 3.51. The first kappa shape index (κ1) is 7.38. The van der Waals surface area contributed by atoms with Gasteiger partial charge in [-0.3, -0.25) is 0 Å². The summed E-state index contributed by atoms with van der Waals surface area (Å²) in [6, 6.07) is 0. The van der Waals surface area contributed by atoms with Crippen LogP contribution < -0.4 is 0 Å². The molecule has 0 N–H and O–H groups in total. The Morgan fingerprint density at radius 1 is 1.00 bits per heavy atom. The smallest absolute Gasteiger partial charge is 0.0166 e. The molecule has 10 heavy (non-hydrogen) atoms. The summed E-state index contributed by atoms with van der Waals surface area (Å²) in [5, 5.41) is 0. The fourth-order valence-corrected chi connectivity index (χ4v) is 3.98. The summed E-state index contributed by atoms with van der Waals surface area (Å²) in [6.07, 6.45) is 6.13. The topological polar surface area (TPSA) is 0 Å². The Balaban J connectivity index is 2.13. The van der Waals surface area contributed by atoms with E-state index in [1.165, 1.54) is 25.7 Å². The van der Waals surface area contributed by atoms with E-state index in [4.69, 9.17) is 0 Å². The van der Waals surface area contributed by atoms with Gasteiger partial charge in [0, 0.05) is 3.92 Å². The highest BCUT2D eigenvalue weighted by atomic mass is 127. The molecule has 0 nitrogen and oxygen atoms in total. The molecule has 3 saturated carbocycles. The Hall–Kier alpha value is 0.730. The second-order valence-electron chi connectivity index (χ2n) is 3.98. The molecule has 3 fully saturated rings. The maximum absolute atomic E-state index is 2.68. The number of fused-ring (bicyclic) bond motifs is 3. The molecule has 0 radical (unpaired) electrons. The van der Waals surface area contributed by atoms with Gasteiger partial charge in [-0.15, -0.1) is 0 Å². The maximum Gasteiger partial charge on any atom is 0.0166 e. The lowest BCUT2D eigenvalue weighted by Crippen LogP contribution is -2.38. The zero-order valence-corrected chi connectivity index (χ0v) is 8.67. The van der Waals surface area contributed by atoms with Crippen molar-refractivity contribution in [2.75, 3.05) is 0 Å². The summed E-state index contributed by atoms with van der Waals surface area (Å²) >= 11 is 2.68. The second kappa shape index (κ2) is 2.65. The van der Waals surface area contributed by atoms with Crippen molar-refractivity contribution in [3.63, 3.8) is 0 Å². The molecule has 0 aromatic carbocycles. The molecular formula is C9H15I. The number of hydrogen-bond acceptors (Lipinski definition) is 0. The first-order valence-electron chi connectivity index (χ1n) is 4.43. The number of alkyl halides is 1. The van der Waals surface area contributed by atoms with Crippen LogP contribution in [0.1, 0.15) is 32.6 Å². The molecule has 58 valence electrons. The van der Waals surface area contributed by atoms with Crippen LogP contribution in [0, 0.1) is 17.8 Å². The fraction of sp³-hybridized carbons (Fsp3) is 1.00. The van der Waals surface area contributed by atoms with Crippen LogP contribution in [0.4, 0.5) is 0 Å². The Kier molecular flexibility index (Phi) is 1.96. The highest BCUT2D eigenvalue weighted by Gasteiger charge is 2.39. The molecule has 0 heterocycles. The zero-order valence-electron chi connectivity index (χ0n) is 6.52. The van der Waals surface area contributed by atoms with Crippen molar-refractivity contribution in [3.8, 4) is 0 Å². The van der Waals surface area contributed by atoms with E-state index in [-0.39, 0.29) is 0 Å². The molecular weight excluding hydrogens is 235 g/mol. The van der Waals surface area contributed by atoms with E-state index >= 15 is 0 Å². The molecule has 0 spiro atoms. The van der Waals surface area contributed by atoms with Crippen molar-refractivity contribution in [1.82, 2.24) is 0 Å². The van der Waals surface area contributed by atoms with Gasteiger partial charge in [-0.1, -0.05) is 29.5 Å². The van der Waals surface area contributed by atoms with Gasteiger partial charge in [-0.25, -0.2) is 0 Å². The van der Waals surface area contributed by atoms with Crippen LogP contribution in [-0.4, -0.2) is 3.92 Å². The van der Waals surface area contributed by atoms with E-state index < -0.39 is 0 Å². The Morgan fingerprint density at radius 3 is 1.80 bits per heavy atom. The molecule has 0 aromatic rings. The SMILES string of the molecule is CC1C2CCC(CC2)C1I. The van der Waals surface area contributed by atoms with E-state index in [1.54, 1.807) is 0 Å². The number of halogens is 1. The lowest BCUT2D eigenvalue weighted by molar-refractivity contribution is 0.127. The van der Waals surface area contributed by atoms with E-state index in [0.29, 0.717) is 0 Å².